The first kappa shape index (κ1) is 25.3. The second kappa shape index (κ2) is 10.7. The molecule has 0 atom stereocenters. The molecule has 0 aromatic heterocycles. The number of fused-ring (bicyclic) bond motifs is 10. The summed E-state index contributed by atoms with van der Waals surface area (Å²) in [6.45, 7) is 0. The summed E-state index contributed by atoms with van der Waals surface area (Å²) in [7, 11) is 0. The maximum Gasteiger partial charge on any atom is 0.0181 e. The summed E-state index contributed by atoms with van der Waals surface area (Å²) < 4.78 is 2.26. The maximum absolute atomic E-state index is 3.61. The van der Waals surface area contributed by atoms with Gasteiger partial charge >= 0.3 is 0 Å². The van der Waals surface area contributed by atoms with Crippen molar-refractivity contribution in [2.45, 2.75) is 12.8 Å². The van der Waals surface area contributed by atoms with Crippen molar-refractivity contribution in [2.24, 2.45) is 0 Å². The van der Waals surface area contributed by atoms with Crippen LogP contribution >= 0.6 is 31.9 Å². The molecule has 0 bridgehead atoms. The second-order valence-electron chi connectivity index (χ2n) is 10.4. The molecule has 6 aromatic rings. The summed E-state index contributed by atoms with van der Waals surface area (Å²) in [6, 6.07) is 48.1. The summed E-state index contributed by atoms with van der Waals surface area (Å²) in [5.74, 6) is 0. The van der Waals surface area contributed by atoms with Crippen molar-refractivity contribution in [3.63, 3.8) is 0 Å². The maximum atomic E-state index is 3.61. The monoisotopic (exact) mass is 640 g/mol. The van der Waals surface area contributed by atoms with E-state index in [0.717, 1.165) is 21.8 Å². The lowest BCUT2D eigenvalue weighted by molar-refractivity contribution is 1.21. The minimum Gasteiger partial charge on any atom is -0.0619 e. The molecule has 0 spiro atoms. The van der Waals surface area contributed by atoms with E-state index in [1.165, 1.54) is 66.8 Å². The largest absolute Gasteiger partial charge is 0.0619 e. The van der Waals surface area contributed by atoms with E-state index >= 15 is 0 Å². The Hall–Kier alpha value is -3.72. The summed E-state index contributed by atoms with van der Waals surface area (Å²) in [6.07, 6.45) is 1.99. The highest BCUT2D eigenvalue weighted by Crippen LogP contribution is 2.42. The summed E-state index contributed by atoms with van der Waals surface area (Å²) in [5.41, 5.74) is 16.3. The van der Waals surface area contributed by atoms with Gasteiger partial charge in [-0.15, -0.1) is 0 Å². The lowest BCUT2D eigenvalue weighted by Gasteiger charge is -2.10. The molecule has 0 unspecified atom stereocenters. The van der Waals surface area contributed by atoms with Gasteiger partial charge in [0, 0.05) is 8.95 Å². The van der Waals surface area contributed by atoms with E-state index in [1.807, 2.05) is 0 Å². The van der Waals surface area contributed by atoms with Crippen molar-refractivity contribution in [3.8, 4) is 44.5 Å². The van der Waals surface area contributed by atoms with E-state index in [0.29, 0.717) is 0 Å². The molecule has 40 heavy (non-hydrogen) atoms. The number of hydrogen-bond donors (Lipinski definition) is 0. The Kier molecular flexibility index (Phi) is 6.75. The average Bonchev–Trinajstić information content (AvgIpc) is 3.22. The van der Waals surface area contributed by atoms with Crippen LogP contribution in [-0.2, 0) is 12.8 Å². The van der Waals surface area contributed by atoms with Gasteiger partial charge in [-0.2, -0.15) is 0 Å². The number of hydrogen-bond acceptors (Lipinski definition) is 0. The Labute approximate surface area is 252 Å². The van der Waals surface area contributed by atoms with Gasteiger partial charge in [0.05, 0.1) is 0 Å². The first-order valence-electron chi connectivity index (χ1n) is 13.6. The molecule has 0 amide bonds. The van der Waals surface area contributed by atoms with Crippen molar-refractivity contribution >= 4 is 31.9 Å². The highest BCUT2D eigenvalue weighted by Gasteiger charge is 2.20. The van der Waals surface area contributed by atoms with Crippen molar-refractivity contribution < 1.29 is 0 Å². The smallest absolute Gasteiger partial charge is 0.0181 e. The Morgan fingerprint density at radius 1 is 0.300 bits per heavy atom. The SMILES string of the molecule is Brc1ccc2c(c1)-c1ccccc1-c1cc(Br)ccc1C2.c1ccc2c(c1)Cc1ccccc1-c1ccccc1-2. The van der Waals surface area contributed by atoms with Crippen LogP contribution in [0.4, 0.5) is 0 Å². The molecular formula is C38H26Br2. The highest BCUT2D eigenvalue weighted by atomic mass is 79.9. The van der Waals surface area contributed by atoms with E-state index in [4.69, 9.17) is 0 Å². The zero-order valence-corrected chi connectivity index (χ0v) is 25.0. The van der Waals surface area contributed by atoms with Crippen LogP contribution in [0.1, 0.15) is 22.3 Å². The van der Waals surface area contributed by atoms with Crippen molar-refractivity contribution in [3.05, 3.63) is 165 Å². The van der Waals surface area contributed by atoms with E-state index in [1.54, 1.807) is 0 Å². The number of benzene rings is 6. The Morgan fingerprint density at radius 3 is 1.00 bits per heavy atom. The topological polar surface area (TPSA) is 0 Å². The molecule has 0 aliphatic heterocycles. The molecule has 0 saturated heterocycles. The average molecular weight is 642 g/mol. The first-order chi connectivity index (χ1) is 19.7. The van der Waals surface area contributed by atoms with Crippen LogP contribution < -0.4 is 0 Å². The van der Waals surface area contributed by atoms with Crippen LogP contribution in [-0.4, -0.2) is 0 Å². The molecule has 8 rings (SSSR count). The predicted octanol–water partition coefficient (Wildman–Crippen LogP) is 11.4. The van der Waals surface area contributed by atoms with Crippen LogP contribution in [0.2, 0.25) is 0 Å². The molecule has 2 aliphatic carbocycles. The van der Waals surface area contributed by atoms with Gasteiger partial charge in [0.1, 0.15) is 0 Å². The third kappa shape index (κ3) is 4.66. The van der Waals surface area contributed by atoms with Gasteiger partial charge in [-0.1, -0.05) is 141 Å². The lowest BCUT2D eigenvalue weighted by atomic mass is 9.95. The van der Waals surface area contributed by atoms with Gasteiger partial charge in [0.15, 0.2) is 0 Å². The van der Waals surface area contributed by atoms with Crippen LogP contribution in [0.5, 0.6) is 0 Å². The van der Waals surface area contributed by atoms with Crippen LogP contribution in [0.15, 0.2) is 142 Å². The minimum atomic E-state index is 0.972. The molecule has 2 heteroatoms. The highest BCUT2D eigenvalue weighted by molar-refractivity contribution is 9.10. The van der Waals surface area contributed by atoms with Crippen molar-refractivity contribution in [2.75, 3.05) is 0 Å². The van der Waals surface area contributed by atoms with Gasteiger partial charge in [-0.05, 0) is 104 Å². The van der Waals surface area contributed by atoms with Gasteiger partial charge in [0.2, 0.25) is 0 Å². The van der Waals surface area contributed by atoms with Gasteiger partial charge in [-0.25, -0.2) is 0 Å². The Morgan fingerprint density at radius 2 is 0.600 bits per heavy atom. The van der Waals surface area contributed by atoms with Gasteiger partial charge < -0.3 is 0 Å². The third-order valence-corrected chi connectivity index (χ3v) is 8.94. The van der Waals surface area contributed by atoms with E-state index in [2.05, 4.69) is 165 Å². The fourth-order valence-corrected chi connectivity index (χ4v) is 6.82. The van der Waals surface area contributed by atoms with Crippen LogP contribution in [0, 0.1) is 0 Å². The molecule has 0 fully saturated rings. The first-order valence-corrected chi connectivity index (χ1v) is 15.2. The normalized spacial score (nSPS) is 12.1. The minimum absolute atomic E-state index is 0.972. The lowest BCUT2D eigenvalue weighted by Crippen LogP contribution is -1.90. The van der Waals surface area contributed by atoms with E-state index < -0.39 is 0 Å². The Balaban J connectivity index is 0.000000133. The number of halogens is 2. The molecule has 0 radical (unpaired) electrons. The molecule has 0 nitrogen and oxygen atoms in total. The van der Waals surface area contributed by atoms with Crippen LogP contribution in [0.25, 0.3) is 44.5 Å². The molecule has 6 aromatic carbocycles. The van der Waals surface area contributed by atoms with Crippen molar-refractivity contribution in [1.82, 2.24) is 0 Å². The summed E-state index contributed by atoms with van der Waals surface area (Å²) in [4.78, 5) is 0. The number of rotatable bonds is 0. The van der Waals surface area contributed by atoms with E-state index in [-0.39, 0.29) is 0 Å². The third-order valence-electron chi connectivity index (χ3n) is 7.96. The van der Waals surface area contributed by atoms with Gasteiger partial charge in [-0.3, -0.25) is 0 Å². The molecule has 0 saturated carbocycles. The second-order valence-corrected chi connectivity index (χ2v) is 12.2. The zero-order valence-electron chi connectivity index (χ0n) is 21.9. The van der Waals surface area contributed by atoms with Gasteiger partial charge in [0.25, 0.3) is 0 Å². The van der Waals surface area contributed by atoms with Crippen LogP contribution in [0.3, 0.4) is 0 Å². The van der Waals surface area contributed by atoms with Crippen molar-refractivity contribution in [1.29, 1.82) is 0 Å². The molecule has 192 valence electrons. The predicted molar refractivity (Wildman–Crippen MR) is 176 cm³/mol. The summed E-state index contributed by atoms with van der Waals surface area (Å²) >= 11 is 7.21. The standard InChI is InChI=1S/C19H12Br2.C19H14/c20-14-7-5-12-9-13-6-8-15(21)11-19(13)17-4-2-1-3-16(17)18(12)10-14;1-3-9-16-14(7-1)13-15-8-2-4-10-17(15)19-12-6-5-11-18(16)19/h1-8,10-11H,9H2;1-12H,13H2. The molecule has 0 heterocycles. The fraction of sp³-hybridized carbons (Fsp3) is 0.0526. The summed E-state index contributed by atoms with van der Waals surface area (Å²) in [5, 5.41) is 0. The quantitative estimate of drug-likeness (QED) is 0.154. The Bertz CT molecular complexity index is 1750. The molecule has 2 aliphatic rings. The van der Waals surface area contributed by atoms with E-state index in [9.17, 15) is 0 Å². The molecule has 0 N–H and O–H groups in total. The zero-order chi connectivity index (χ0) is 27.1. The fourth-order valence-electron chi connectivity index (χ4n) is 6.10. The molecular weight excluding hydrogens is 616 g/mol.